The Hall–Kier alpha value is -3.06. The predicted molar refractivity (Wildman–Crippen MR) is 124 cm³/mol. The Morgan fingerprint density at radius 1 is 1.00 bits per heavy atom. The van der Waals surface area contributed by atoms with E-state index in [1.165, 1.54) is 0 Å². The zero-order chi connectivity index (χ0) is 22.3. The molecule has 2 aromatic rings. The molecule has 0 radical (unpaired) electrons. The first-order chi connectivity index (χ1) is 15.1. The Kier molecular flexibility index (Phi) is 11.0. The minimum absolute atomic E-state index is 0.162. The number of urea groups is 1. The SMILES string of the molecule is CCCCNC(=O)[C@H](CCCCN)NC(=O)Nc1ccc(OCc2ccccc2)cc1. The van der Waals surface area contributed by atoms with E-state index < -0.39 is 12.1 Å². The summed E-state index contributed by atoms with van der Waals surface area (Å²) in [5.41, 5.74) is 7.26. The maximum absolute atomic E-state index is 12.4. The van der Waals surface area contributed by atoms with Gasteiger partial charge in [-0.25, -0.2) is 4.79 Å². The van der Waals surface area contributed by atoms with Gasteiger partial charge in [-0.1, -0.05) is 43.7 Å². The van der Waals surface area contributed by atoms with Crippen LogP contribution in [0, 0.1) is 0 Å². The van der Waals surface area contributed by atoms with Crippen LogP contribution in [0.3, 0.4) is 0 Å². The van der Waals surface area contributed by atoms with Crippen molar-refractivity contribution in [3.63, 3.8) is 0 Å². The Morgan fingerprint density at radius 3 is 2.42 bits per heavy atom. The molecule has 2 rings (SSSR count). The van der Waals surface area contributed by atoms with Crippen LogP contribution >= 0.6 is 0 Å². The minimum atomic E-state index is -0.586. The number of unbranched alkanes of at least 4 members (excludes halogenated alkanes) is 2. The molecule has 0 saturated carbocycles. The van der Waals surface area contributed by atoms with Gasteiger partial charge in [-0.05, 0) is 62.1 Å². The number of nitrogens with two attached hydrogens (primary N) is 1. The molecule has 0 bridgehead atoms. The lowest BCUT2D eigenvalue weighted by atomic mass is 10.1. The highest BCUT2D eigenvalue weighted by molar-refractivity contribution is 5.93. The van der Waals surface area contributed by atoms with E-state index in [1.807, 2.05) is 30.3 Å². The quantitative estimate of drug-likeness (QED) is 0.366. The fourth-order valence-corrected chi connectivity index (χ4v) is 2.97. The fraction of sp³-hybridized carbons (Fsp3) is 0.417. The van der Waals surface area contributed by atoms with Crippen LogP contribution in [0.4, 0.5) is 10.5 Å². The summed E-state index contributed by atoms with van der Waals surface area (Å²) in [6.45, 7) is 3.71. The summed E-state index contributed by atoms with van der Waals surface area (Å²) in [6, 6.07) is 16.0. The summed E-state index contributed by atoms with van der Waals surface area (Å²) in [5, 5.41) is 8.44. The second-order valence-corrected chi connectivity index (χ2v) is 7.38. The van der Waals surface area contributed by atoms with Crippen LogP contribution in [0.15, 0.2) is 54.6 Å². The molecule has 0 fully saturated rings. The van der Waals surface area contributed by atoms with Crippen molar-refractivity contribution >= 4 is 17.6 Å². The van der Waals surface area contributed by atoms with Gasteiger partial charge in [0.05, 0.1) is 0 Å². The van der Waals surface area contributed by atoms with Gasteiger partial charge in [0, 0.05) is 12.2 Å². The van der Waals surface area contributed by atoms with Crippen molar-refractivity contribution in [2.24, 2.45) is 5.73 Å². The van der Waals surface area contributed by atoms with E-state index in [4.69, 9.17) is 10.5 Å². The lowest BCUT2D eigenvalue weighted by Crippen LogP contribution is -2.48. The van der Waals surface area contributed by atoms with Crippen molar-refractivity contribution in [1.29, 1.82) is 0 Å². The molecule has 0 aromatic heterocycles. The smallest absolute Gasteiger partial charge is 0.319 e. The van der Waals surface area contributed by atoms with Crippen LogP contribution in [-0.2, 0) is 11.4 Å². The van der Waals surface area contributed by atoms with Crippen LogP contribution in [0.25, 0.3) is 0 Å². The highest BCUT2D eigenvalue weighted by Crippen LogP contribution is 2.17. The van der Waals surface area contributed by atoms with E-state index >= 15 is 0 Å². The maximum atomic E-state index is 12.4. The second kappa shape index (κ2) is 14.0. The molecule has 0 unspecified atom stereocenters. The number of carbonyl (C=O) groups is 2. The third-order valence-electron chi connectivity index (χ3n) is 4.76. The van der Waals surface area contributed by atoms with Gasteiger partial charge in [0.25, 0.3) is 0 Å². The Morgan fingerprint density at radius 2 is 1.74 bits per heavy atom. The molecular weight excluding hydrogens is 392 g/mol. The summed E-state index contributed by atoms with van der Waals surface area (Å²) in [4.78, 5) is 24.9. The van der Waals surface area contributed by atoms with Gasteiger partial charge in [-0.15, -0.1) is 0 Å². The van der Waals surface area contributed by atoms with E-state index in [0.29, 0.717) is 37.6 Å². The molecule has 3 amide bonds. The molecular formula is C24H34N4O3. The molecule has 31 heavy (non-hydrogen) atoms. The van der Waals surface area contributed by atoms with Crippen LogP contribution in [-0.4, -0.2) is 31.1 Å². The van der Waals surface area contributed by atoms with Gasteiger partial charge in [0.15, 0.2) is 0 Å². The van der Waals surface area contributed by atoms with Crippen molar-refractivity contribution in [1.82, 2.24) is 10.6 Å². The molecule has 168 valence electrons. The van der Waals surface area contributed by atoms with Crippen LogP contribution in [0.2, 0.25) is 0 Å². The van der Waals surface area contributed by atoms with Crippen LogP contribution in [0.1, 0.15) is 44.6 Å². The highest BCUT2D eigenvalue weighted by Gasteiger charge is 2.20. The third-order valence-corrected chi connectivity index (χ3v) is 4.76. The standard InChI is InChI=1S/C24H34N4O3/c1-2-3-17-26-23(29)22(11-7-8-16-25)28-24(30)27-20-12-14-21(15-13-20)31-18-19-9-5-4-6-10-19/h4-6,9-10,12-15,22H,2-3,7-8,11,16-18,25H2,1H3,(H,26,29)(H2,27,28,30)/t22-/m0/s1. The first-order valence-corrected chi connectivity index (χ1v) is 10.9. The molecule has 0 heterocycles. The maximum Gasteiger partial charge on any atom is 0.319 e. The van der Waals surface area contributed by atoms with E-state index in [9.17, 15) is 9.59 Å². The lowest BCUT2D eigenvalue weighted by molar-refractivity contribution is -0.123. The molecule has 5 N–H and O–H groups in total. The monoisotopic (exact) mass is 426 g/mol. The third kappa shape index (κ3) is 9.53. The summed E-state index contributed by atoms with van der Waals surface area (Å²) in [5.74, 6) is 0.551. The summed E-state index contributed by atoms with van der Waals surface area (Å²) in [6.07, 6.45) is 4.04. The molecule has 0 spiro atoms. The highest BCUT2D eigenvalue weighted by atomic mass is 16.5. The molecule has 7 heteroatoms. The van der Waals surface area contributed by atoms with Gasteiger partial charge in [0.1, 0.15) is 18.4 Å². The number of anilines is 1. The van der Waals surface area contributed by atoms with Gasteiger partial charge in [-0.3, -0.25) is 4.79 Å². The minimum Gasteiger partial charge on any atom is -0.489 e. The van der Waals surface area contributed by atoms with E-state index in [-0.39, 0.29) is 5.91 Å². The molecule has 7 nitrogen and oxygen atoms in total. The van der Waals surface area contributed by atoms with Crippen molar-refractivity contribution in [3.05, 3.63) is 60.2 Å². The second-order valence-electron chi connectivity index (χ2n) is 7.38. The number of carbonyl (C=O) groups excluding carboxylic acids is 2. The Labute approximate surface area is 184 Å². The van der Waals surface area contributed by atoms with Crippen molar-refractivity contribution in [3.8, 4) is 5.75 Å². The molecule has 1 atom stereocenters. The first kappa shape index (κ1) is 24.2. The van der Waals surface area contributed by atoms with Crippen molar-refractivity contribution < 1.29 is 14.3 Å². The van der Waals surface area contributed by atoms with Gasteiger partial charge < -0.3 is 26.4 Å². The molecule has 0 aliphatic rings. The number of nitrogens with one attached hydrogen (secondary N) is 3. The van der Waals surface area contributed by atoms with Gasteiger partial charge in [0.2, 0.25) is 5.91 Å². The Bertz CT molecular complexity index is 781. The molecule has 0 aliphatic heterocycles. The van der Waals surface area contributed by atoms with Crippen LogP contribution in [0.5, 0.6) is 5.75 Å². The van der Waals surface area contributed by atoms with E-state index in [0.717, 1.165) is 31.2 Å². The molecule has 0 saturated heterocycles. The predicted octanol–water partition coefficient (Wildman–Crippen LogP) is 3.80. The van der Waals surface area contributed by atoms with E-state index in [2.05, 4.69) is 22.9 Å². The molecule has 0 aliphatic carbocycles. The lowest BCUT2D eigenvalue weighted by Gasteiger charge is -2.19. The molecule has 2 aromatic carbocycles. The normalized spacial score (nSPS) is 11.4. The van der Waals surface area contributed by atoms with Crippen LogP contribution < -0.4 is 26.4 Å². The van der Waals surface area contributed by atoms with Gasteiger partial charge >= 0.3 is 6.03 Å². The zero-order valence-electron chi connectivity index (χ0n) is 18.2. The number of rotatable bonds is 13. The van der Waals surface area contributed by atoms with Crippen molar-refractivity contribution in [2.45, 2.75) is 51.7 Å². The topological polar surface area (TPSA) is 105 Å². The summed E-state index contributed by atoms with van der Waals surface area (Å²) < 4.78 is 5.76. The summed E-state index contributed by atoms with van der Waals surface area (Å²) >= 11 is 0. The average molecular weight is 427 g/mol. The fourth-order valence-electron chi connectivity index (χ4n) is 2.97. The summed E-state index contributed by atoms with van der Waals surface area (Å²) in [7, 11) is 0. The van der Waals surface area contributed by atoms with Gasteiger partial charge in [-0.2, -0.15) is 0 Å². The number of benzene rings is 2. The van der Waals surface area contributed by atoms with Crippen molar-refractivity contribution in [2.75, 3.05) is 18.4 Å². The number of amides is 3. The number of hydrogen-bond donors (Lipinski definition) is 4. The number of ether oxygens (including phenoxy) is 1. The number of hydrogen-bond acceptors (Lipinski definition) is 4. The zero-order valence-corrected chi connectivity index (χ0v) is 18.2. The largest absolute Gasteiger partial charge is 0.489 e. The Balaban J connectivity index is 1.84. The van der Waals surface area contributed by atoms with E-state index in [1.54, 1.807) is 24.3 Å². The first-order valence-electron chi connectivity index (χ1n) is 10.9. The average Bonchev–Trinajstić information content (AvgIpc) is 2.79.